The first-order chi connectivity index (χ1) is 10.4. The summed E-state index contributed by atoms with van der Waals surface area (Å²) in [6, 6.07) is 3.62. The molecule has 1 aromatic rings. The molecule has 0 bridgehead atoms. The first-order valence-electron chi connectivity index (χ1n) is 6.92. The molecule has 8 nitrogen and oxygen atoms in total. The zero-order valence-corrected chi connectivity index (χ0v) is 15.2. The van der Waals surface area contributed by atoms with Crippen molar-refractivity contribution in [3.8, 4) is 11.5 Å². The number of hydrogen-bond acceptors (Lipinski definition) is 5. The van der Waals surface area contributed by atoms with Crippen LogP contribution >= 0.6 is 0 Å². The quantitative estimate of drug-likeness (QED) is 0.121. The van der Waals surface area contributed by atoms with E-state index in [1.165, 1.54) is 12.1 Å². The summed E-state index contributed by atoms with van der Waals surface area (Å²) < 4.78 is 0. The van der Waals surface area contributed by atoms with Crippen LogP contribution in [0.1, 0.15) is 19.8 Å². The molecule has 9 heteroatoms. The molecule has 0 aliphatic heterocycles. The number of rotatable bonds is 9. The second-order valence-corrected chi connectivity index (χ2v) is 4.86. The van der Waals surface area contributed by atoms with Crippen LogP contribution in [0.2, 0.25) is 0 Å². The molecule has 0 aromatic heterocycles. The molecule has 0 aliphatic carbocycles. The standard InChI is InChI=1S/C14H22N4O4.Na.H/c15-14(16)18-6-1-2-11(13(21)22)17-7-5-9-3-4-10(19)8-12(9)20;;/h3-4,8,11,17,19-20H,1-2,5-7H2,(H,21,22)(H4,15,16,18);;/q;+1;-1/t11-;;/m0../s1. The Kier molecular flexibility index (Phi) is 10.4. The van der Waals surface area contributed by atoms with Gasteiger partial charge in [0.25, 0.3) is 0 Å². The Balaban J connectivity index is 0. The Morgan fingerprint density at radius 2 is 2.04 bits per heavy atom. The van der Waals surface area contributed by atoms with E-state index in [2.05, 4.69) is 10.3 Å². The average molecular weight is 334 g/mol. The molecule has 0 unspecified atom stereocenters. The summed E-state index contributed by atoms with van der Waals surface area (Å²) in [4.78, 5) is 14.9. The molecule has 8 N–H and O–H groups in total. The zero-order chi connectivity index (χ0) is 16.5. The minimum Gasteiger partial charge on any atom is -1.00 e. The van der Waals surface area contributed by atoms with Crippen molar-refractivity contribution >= 4 is 11.9 Å². The fourth-order valence-electron chi connectivity index (χ4n) is 1.96. The van der Waals surface area contributed by atoms with Gasteiger partial charge in [-0.2, -0.15) is 0 Å². The van der Waals surface area contributed by atoms with E-state index >= 15 is 0 Å². The first-order valence-corrected chi connectivity index (χ1v) is 6.92. The van der Waals surface area contributed by atoms with Crippen molar-refractivity contribution in [1.29, 1.82) is 0 Å². The number of phenolic OH excluding ortho intramolecular Hbond substituents is 2. The summed E-state index contributed by atoms with van der Waals surface area (Å²) in [7, 11) is 0. The van der Waals surface area contributed by atoms with E-state index in [4.69, 9.17) is 16.6 Å². The van der Waals surface area contributed by atoms with Gasteiger partial charge < -0.3 is 33.5 Å². The van der Waals surface area contributed by atoms with Crippen LogP contribution in [0, 0.1) is 0 Å². The van der Waals surface area contributed by atoms with Crippen molar-refractivity contribution in [2.45, 2.75) is 25.3 Å². The third-order valence-electron chi connectivity index (χ3n) is 3.10. The number of carboxylic acids is 1. The van der Waals surface area contributed by atoms with Gasteiger partial charge in [-0.1, -0.05) is 6.07 Å². The summed E-state index contributed by atoms with van der Waals surface area (Å²) >= 11 is 0. The number of aromatic hydroxyl groups is 2. The van der Waals surface area contributed by atoms with Gasteiger partial charge in [0.1, 0.15) is 17.5 Å². The van der Waals surface area contributed by atoms with Crippen molar-refractivity contribution in [2.24, 2.45) is 16.5 Å². The van der Waals surface area contributed by atoms with Crippen molar-refractivity contribution in [3.05, 3.63) is 23.8 Å². The maximum Gasteiger partial charge on any atom is 1.00 e. The summed E-state index contributed by atoms with van der Waals surface area (Å²) in [6.45, 7) is 0.768. The van der Waals surface area contributed by atoms with E-state index in [0.717, 1.165) is 0 Å². The molecule has 0 aliphatic rings. The minimum atomic E-state index is -0.945. The third kappa shape index (κ3) is 8.65. The van der Waals surface area contributed by atoms with E-state index in [9.17, 15) is 15.0 Å². The normalized spacial score (nSPS) is 11.3. The SMILES string of the molecule is NC(N)=NCCC[C@H](NCCc1ccc(O)cc1O)C(=O)O.[H-].[Na+]. The fourth-order valence-corrected chi connectivity index (χ4v) is 1.96. The smallest absolute Gasteiger partial charge is 1.00 e. The van der Waals surface area contributed by atoms with Crippen molar-refractivity contribution in [3.63, 3.8) is 0 Å². The fraction of sp³-hybridized carbons (Fsp3) is 0.429. The zero-order valence-electron chi connectivity index (χ0n) is 14.2. The molecule has 1 rings (SSSR count). The molecule has 0 amide bonds. The van der Waals surface area contributed by atoms with Gasteiger partial charge >= 0.3 is 35.5 Å². The van der Waals surface area contributed by atoms with Crippen molar-refractivity contribution < 1.29 is 51.1 Å². The van der Waals surface area contributed by atoms with Gasteiger partial charge in [0.05, 0.1) is 0 Å². The van der Waals surface area contributed by atoms with Crippen LogP contribution in [0.5, 0.6) is 11.5 Å². The Hall–Kier alpha value is -1.48. The summed E-state index contributed by atoms with van der Waals surface area (Å²) in [5.41, 5.74) is 11.0. The van der Waals surface area contributed by atoms with Gasteiger partial charge in [0.2, 0.25) is 0 Å². The largest absolute Gasteiger partial charge is 1.00 e. The molecule has 0 fully saturated rings. The number of nitrogens with two attached hydrogens (primary N) is 2. The van der Waals surface area contributed by atoms with E-state index in [1.807, 2.05) is 0 Å². The summed E-state index contributed by atoms with van der Waals surface area (Å²) in [5.74, 6) is -0.985. The first kappa shape index (κ1) is 21.5. The number of guanidine groups is 1. The van der Waals surface area contributed by atoms with Crippen LogP contribution in [-0.4, -0.2) is 46.4 Å². The van der Waals surface area contributed by atoms with Crippen molar-refractivity contribution in [2.75, 3.05) is 13.1 Å². The molecular formula is C14H23N4NaO4. The van der Waals surface area contributed by atoms with Crippen molar-refractivity contribution in [1.82, 2.24) is 5.32 Å². The molecule has 0 spiro atoms. The van der Waals surface area contributed by atoms with Gasteiger partial charge in [-0.25, -0.2) is 0 Å². The van der Waals surface area contributed by atoms with E-state index in [1.54, 1.807) is 6.07 Å². The number of benzene rings is 1. The van der Waals surface area contributed by atoms with Crippen LogP contribution in [0.15, 0.2) is 23.2 Å². The van der Waals surface area contributed by atoms with Crippen LogP contribution < -0.4 is 46.3 Å². The third-order valence-corrected chi connectivity index (χ3v) is 3.10. The molecule has 1 atom stereocenters. The van der Waals surface area contributed by atoms with E-state index in [-0.39, 0.29) is 48.4 Å². The predicted octanol–water partition coefficient (Wildman–Crippen LogP) is -3.15. The number of phenols is 2. The van der Waals surface area contributed by atoms with E-state index < -0.39 is 12.0 Å². The molecule has 0 radical (unpaired) electrons. The average Bonchev–Trinajstić information content (AvgIpc) is 2.42. The maximum atomic E-state index is 11.2. The molecule has 0 saturated heterocycles. The summed E-state index contributed by atoms with van der Waals surface area (Å²) in [5, 5.41) is 30.9. The van der Waals surface area contributed by atoms with Crippen LogP contribution in [0.25, 0.3) is 0 Å². The van der Waals surface area contributed by atoms with Gasteiger partial charge in [0.15, 0.2) is 5.96 Å². The number of aliphatic carboxylic acids is 1. The van der Waals surface area contributed by atoms with Gasteiger partial charge in [0, 0.05) is 19.2 Å². The Morgan fingerprint density at radius 1 is 1.35 bits per heavy atom. The number of carbonyl (C=O) groups is 1. The second-order valence-electron chi connectivity index (χ2n) is 4.86. The number of hydrogen-bond donors (Lipinski definition) is 6. The molecule has 0 heterocycles. The van der Waals surface area contributed by atoms with Crippen LogP contribution in [0.4, 0.5) is 0 Å². The molecule has 0 saturated carbocycles. The van der Waals surface area contributed by atoms with Gasteiger partial charge in [-0.3, -0.25) is 9.79 Å². The Morgan fingerprint density at radius 3 is 2.61 bits per heavy atom. The predicted molar refractivity (Wildman–Crippen MR) is 83.9 cm³/mol. The van der Waals surface area contributed by atoms with Crippen LogP contribution in [0.3, 0.4) is 0 Å². The Bertz CT molecular complexity index is 542. The minimum absolute atomic E-state index is 0. The Labute approximate surface area is 158 Å². The molecule has 1 aromatic carbocycles. The van der Waals surface area contributed by atoms with Gasteiger partial charge in [-0.15, -0.1) is 0 Å². The number of nitrogens with zero attached hydrogens (tertiary/aromatic N) is 1. The number of carboxylic acid groups (broad SMARTS) is 1. The molecular weight excluding hydrogens is 311 g/mol. The second kappa shape index (κ2) is 11.1. The maximum absolute atomic E-state index is 11.2. The monoisotopic (exact) mass is 334 g/mol. The van der Waals surface area contributed by atoms with Gasteiger partial charge in [-0.05, 0) is 30.9 Å². The van der Waals surface area contributed by atoms with Crippen LogP contribution in [-0.2, 0) is 11.2 Å². The summed E-state index contributed by atoms with van der Waals surface area (Å²) in [6.07, 6.45) is 1.39. The molecule has 23 heavy (non-hydrogen) atoms. The van der Waals surface area contributed by atoms with E-state index in [0.29, 0.717) is 37.9 Å². The molecule has 124 valence electrons. The topological polar surface area (TPSA) is 154 Å². The number of nitrogens with one attached hydrogen (secondary N) is 1. The number of aliphatic imine (C=N–C) groups is 1.